The molecule has 1 N–H and O–H groups in total. The predicted octanol–water partition coefficient (Wildman–Crippen LogP) is 6.71. The molecule has 4 aromatic rings. The number of imide groups is 1. The van der Waals surface area contributed by atoms with Crippen LogP contribution in [0.1, 0.15) is 12.0 Å². The SMILES string of the molecule is O=C(Cc1ccccc1)Nc1ccc(S[C@@H]2CC(=O)N(c3ccc(N=Nc4ccccc4)cc3)C2=O)cc1. The van der Waals surface area contributed by atoms with E-state index in [9.17, 15) is 14.4 Å². The number of amides is 3. The molecule has 0 saturated carbocycles. The van der Waals surface area contributed by atoms with Gasteiger partial charge in [-0.25, -0.2) is 4.90 Å². The fourth-order valence-corrected chi connectivity index (χ4v) is 5.07. The van der Waals surface area contributed by atoms with Gasteiger partial charge in [0.2, 0.25) is 17.7 Å². The van der Waals surface area contributed by atoms with Crippen molar-refractivity contribution >= 4 is 52.2 Å². The minimum absolute atomic E-state index is 0.101. The number of anilines is 2. The molecule has 188 valence electrons. The van der Waals surface area contributed by atoms with Crippen molar-refractivity contribution in [2.45, 2.75) is 23.0 Å². The molecule has 1 saturated heterocycles. The second kappa shape index (κ2) is 11.7. The minimum atomic E-state index is -0.515. The Balaban J connectivity index is 1.18. The van der Waals surface area contributed by atoms with E-state index in [0.29, 0.717) is 23.5 Å². The van der Waals surface area contributed by atoms with Gasteiger partial charge in [0.25, 0.3) is 0 Å². The van der Waals surface area contributed by atoms with Gasteiger partial charge in [-0.05, 0) is 66.2 Å². The average molecular weight is 521 g/mol. The maximum absolute atomic E-state index is 13.1. The van der Waals surface area contributed by atoms with Gasteiger partial charge < -0.3 is 5.32 Å². The topological polar surface area (TPSA) is 91.2 Å². The smallest absolute Gasteiger partial charge is 0.247 e. The third-order valence-corrected chi connectivity index (χ3v) is 7.07. The number of hydrogen-bond donors (Lipinski definition) is 1. The van der Waals surface area contributed by atoms with Gasteiger partial charge in [-0.3, -0.25) is 14.4 Å². The summed E-state index contributed by atoms with van der Waals surface area (Å²) in [4.78, 5) is 40.2. The molecule has 1 aliphatic rings. The van der Waals surface area contributed by atoms with Crippen LogP contribution in [0, 0.1) is 0 Å². The molecule has 38 heavy (non-hydrogen) atoms. The zero-order valence-electron chi connectivity index (χ0n) is 20.4. The highest BCUT2D eigenvalue weighted by molar-refractivity contribution is 8.00. The van der Waals surface area contributed by atoms with Gasteiger partial charge in [0.1, 0.15) is 0 Å². The molecule has 0 spiro atoms. The summed E-state index contributed by atoms with van der Waals surface area (Å²) < 4.78 is 0. The van der Waals surface area contributed by atoms with Gasteiger partial charge in [0.15, 0.2) is 0 Å². The Morgan fingerprint density at radius 3 is 2.05 bits per heavy atom. The van der Waals surface area contributed by atoms with Crippen molar-refractivity contribution in [2.24, 2.45) is 10.2 Å². The maximum atomic E-state index is 13.1. The van der Waals surface area contributed by atoms with Crippen LogP contribution in [0.4, 0.5) is 22.7 Å². The number of rotatable bonds is 8. The Morgan fingerprint density at radius 2 is 1.39 bits per heavy atom. The van der Waals surface area contributed by atoms with Crippen LogP contribution in [-0.4, -0.2) is 23.0 Å². The zero-order valence-corrected chi connectivity index (χ0v) is 21.2. The Hall–Kier alpha value is -4.56. The van der Waals surface area contributed by atoms with Crippen molar-refractivity contribution in [1.29, 1.82) is 0 Å². The molecule has 0 radical (unpaired) electrons. The van der Waals surface area contributed by atoms with E-state index in [4.69, 9.17) is 0 Å². The van der Waals surface area contributed by atoms with E-state index in [0.717, 1.165) is 16.1 Å². The summed E-state index contributed by atoms with van der Waals surface area (Å²) in [5, 5.41) is 10.8. The van der Waals surface area contributed by atoms with Crippen LogP contribution in [0.3, 0.4) is 0 Å². The lowest BCUT2D eigenvalue weighted by molar-refractivity contribution is -0.121. The molecular weight excluding hydrogens is 496 g/mol. The number of hydrogen-bond acceptors (Lipinski definition) is 6. The third-order valence-electron chi connectivity index (χ3n) is 5.87. The first kappa shape index (κ1) is 25.1. The zero-order chi connectivity index (χ0) is 26.3. The summed E-state index contributed by atoms with van der Waals surface area (Å²) in [5.74, 6) is -0.591. The van der Waals surface area contributed by atoms with Crippen molar-refractivity contribution in [3.63, 3.8) is 0 Å². The molecule has 3 amide bonds. The van der Waals surface area contributed by atoms with Gasteiger partial charge >= 0.3 is 0 Å². The molecule has 7 nitrogen and oxygen atoms in total. The average Bonchev–Trinajstić information content (AvgIpc) is 3.22. The van der Waals surface area contributed by atoms with Crippen LogP contribution in [0.15, 0.2) is 124 Å². The monoisotopic (exact) mass is 520 g/mol. The Bertz CT molecular complexity index is 1460. The van der Waals surface area contributed by atoms with Crippen LogP contribution < -0.4 is 10.2 Å². The normalized spacial score (nSPS) is 15.3. The number of carbonyl (C=O) groups excluding carboxylic acids is 3. The molecular formula is C30H24N4O3S. The molecule has 8 heteroatoms. The first-order valence-corrected chi connectivity index (χ1v) is 13.0. The molecule has 1 atom stereocenters. The van der Waals surface area contributed by atoms with Gasteiger partial charge in [-0.15, -0.1) is 11.8 Å². The quantitative estimate of drug-likeness (QED) is 0.207. The fourth-order valence-electron chi connectivity index (χ4n) is 4.01. The van der Waals surface area contributed by atoms with Crippen LogP contribution in [0.25, 0.3) is 0 Å². The van der Waals surface area contributed by atoms with Crippen molar-refractivity contribution in [1.82, 2.24) is 0 Å². The molecule has 0 unspecified atom stereocenters. The Labute approximate surface area is 224 Å². The summed E-state index contributed by atoms with van der Waals surface area (Å²) in [5.41, 5.74) is 3.49. The van der Waals surface area contributed by atoms with Gasteiger partial charge in [0, 0.05) is 17.0 Å². The van der Waals surface area contributed by atoms with Crippen molar-refractivity contribution < 1.29 is 14.4 Å². The lowest BCUT2D eigenvalue weighted by Crippen LogP contribution is -2.30. The second-order valence-electron chi connectivity index (χ2n) is 8.66. The molecule has 1 aliphatic heterocycles. The standard InChI is InChI=1S/C30H24N4O3S/c35-28(19-21-7-3-1-4-8-21)31-22-13-17-26(18-14-22)38-27-20-29(36)34(30(27)37)25-15-11-24(12-16-25)33-32-23-9-5-2-6-10-23/h1-18,27H,19-20H2,(H,31,35)/t27-/m1/s1. The van der Waals surface area contributed by atoms with Crippen molar-refractivity contribution in [3.8, 4) is 0 Å². The Morgan fingerprint density at radius 1 is 0.789 bits per heavy atom. The van der Waals surface area contributed by atoms with Gasteiger partial charge in [0.05, 0.1) is 28.7 Å². The summed E-state index contributed by atoms with van der Waals surface area (Å²) in [6.45, 7) is 0. The van der Waals surface area contributed by atoms with Crippen LogP contribution >= 0.6 is 11.8 Å². The minimum Gasteiger partial charge on any atom is -0.326 e. The highest BCUT2D eigenvalue weighted by Gasteiger charge is 2.40. The number of carbonyl (C=O) groups is 3. The largest absolute Gasteiger partial charge is 0.326 e. The van der Waals surface area contributed by atoms with Crippen molar-refractivity contribution in [3.05, 3.63) is 115 Å². The molecule has 0 aromatic heterocycles. The molecule has 4 aromatic carbocycles. The third kappa shape index (κ3) is 6.22. The first-order chi connectivity index (χ1) is 18.5. The van der Waals surface area contributed by atoms with E-state index in [-0.39, 0.29) is 24.1 Å². The lowest BCUT2D eigenvalue weighted by atomic mass is 10.1. The summed E-state index contributed by atoms with van der Waals surface area (Å²) in [6.07, 6.45) is 0.414. The van der Waals surface area contributed by atoms with E-state index >= 15 is 0 Å². The number of azo groups is 1. The van der Waals surface area contributed by atoms with E-state index < -0.39 is 5.25 Å². The van der Waals surface area contributed by atoms with Crippen LogP contribution in [0.5, 0.6) is 0 Å². The number of nitrogens with one attached hydrogen (secondary N) is 1. The van der Waals surface area contributed by atoms with E-state index in [1.54, 1.807) is 36.4 Å². The molecule has 5 rings (SSSR count). The molecule has 1 heterocycles. The highest BCUT2D eigenvalue weighted by atomic mass is 32.2. The second-order valence-corrected chi connectivity index (χ2v) is 9.94. The lowest BCUT2D eigenvalue weighted by Gasteiger charge is -2.15. The van der Waals surface area contributed by atoms with Gasteiger partial charge in [-0.2, -0.15) is 10.2 Å². The van der Waals surface area contributed by atoms with E-state index in [1.165, 1.54) is 16.7 Å². The summed E-state index contributed by atoms with van der Waals surface area (Å²) in [6, 6.07) is 33.1. The maximum Gasteiger partial charge on any atom is 0.247 e. The van der Waals surface area contributed by atoms with Crippen LogP contribution in [-0.2, 0) is 20.8 Å². The van der Waals surface area contributed by atoms with Gasteiger partial charge in [-0.1, -0.05) is 48.5 Å². The first-order valence-electron chi connectivity index (χ1n) is 12.1. The van der Waals surface area contributed by atoms with E-state index in [1.807, 2.05) is 72.8 Å². The fraction of sp³-hybridized carbons (Fsp3) is 0.100. The summed E-state index contributed by atoms with van der Waals surface area (Å²) >= 11 is 1.34. The number of nitrogens with zero attached hydrogens (tertiary/aromatic N) is 3. The predicted molar refractivity (Wildman–Crippen MR) is 149 cm³/mol. The molecule has 1 fully saturated rings. The molecule has 0 bridgehead atoms. The number of thioether (sulfide) groups is 1. The van der Waals surface area contributed by atoms with Crippen LogP contribution in [0.2, 0.25) is 0 Å². The van der Waals surface area contributed by atoms with Crippen molar-refractivity contribution in [2.75, 3.05) is 10.2 Å². The highest BCUT2D eigenvalue weighted by Crippen LogP contribution is 2.35. The molecule has 0 aliphatic carbocycles. The summed E-state index contributed by atoms with van der Waals surface area (Å²) in [7, 11) is 0. The van der Waals surface area contributed by atoms with E-state index in [2.05, 4.69) is 15.5 Å². The number of benzene rings is 4. The Kier molecular flexibility index (Phi) is 7.70.